The Balaban J connectivity index is 1.66. The summed E-state index contributed by atoms with van der Waals surface area (Å²) in [5.41, 5.74) is 6.77. The predicted octanol–water partition coefficient (Wildman–Crippen LogP) is 3.71. The molecule has 3 rings (SSSR count). The van der Waals surface area contributed by atoms with Crippen molar-refractivity contribution in [1.82, 2.24) is 21.0 Å². The number of amides is 2. The van der Waals surface area contributed by atoms with Crippen LogP contribution in [0.2, 0.25) is 0 Å². The number of hydrogen-bond donors (Lipinski definition) is 3. The molecule has 0 atom stereocenters. The summed E-state index contributed by atoms with van der Waals surface area (Å²) < 4.78 is 11.5. The number of ether oxygens (including phenoxy) is 2. The first-order valence-corrected chi connectivity index (χ1v) is 10.0. The van der Waals surface area contributed by atoms with E-state index in [1.54, 1.807) is 18.2 Å². The molecule has 2 aromatic carbocycles. The molecule has 156 valence electrons. The van der Waals surface area contributed by atoms with E-state index >= 15 is 0 Å². The zero-order valence-corrected chi connectivity index (χ0v) is 18.1. The SMILES string of the molecule is CCCOc1c(Br)cc(C(=O)NNC(=O)c2cc(-c3ccccc3)n[nH]2)cc1OC. The molecule has 1 heterocycles. The minimum absolute atomic E-state index is 0.219. The van der Waals surface area contributed by atoms with E-state index in [-0.39, 0.29) is 11.3 Å². The molecule has 0 saturated heterocycles. The fraction of sp³-hybridized carbons (Fsp3) is 0.190. The smallest absolute Gasteiger partial charge is 0.287 e. The van der Waals surface area contributed by atoms with Crippen molar-refractivity contribution in [2.24, 2.45) is 0 Å². The van der Waals surface area contributed by atoms with E-state index in [9.17, 15) is 9.59 Å². The lowest BCUT2D eigenvalue weighted by molar-refractivity contribution is 0.0843. The van der Waals surface area contributed by atoms with Crippen LogP contribution < -0.4 is 20.3 Å². The van der Waals surface area contributed by atoms with E-state index in [2.05, 4.69) is 37.0 Å². The molecular formula is C21H21BrN4O4. The fourth-order valence-electron chi connectivity index (χ4n) is 2.64. The number of carbonyl (C=O) groups is 2. The van der Waals surface area contributed by atoms with Gasteiger partial charge in [-0.15, -0.1) is 0 Å². The lowest BCUT2D eigenvalue weighted by atomic mass is 10.1. The van der Waals surface area contributed by atoms with Crippen LogP contribution in [0.3, 0.4) is 0 Å². The number of hydrazine groups is 1. The number of aromatic nitrogens is 2. The minimum Gasteiger partial charge on any atom is -0.493 e. The zero-order chi connectivity index (χ0) is 21.5. The molecule has 2 amide bonds. The molecule has 0 radical (unpaired) electrons. The van der Waals surface area contributed by atoms with Crippen LogP contribution in [0.4, 0.5) is 0 Å². The van der Waals surface area contributed by atoms with Crippen molar-refractivity contribution >= 4 is 27.7 Å². The van der Waals surface area contributed by atoms with Crippen molar-refractivity contribution in [3.63, 3.8) is 0 Å². The van der Waals surface area contributed by atoms with Crippen LogP contribution in [0.1, 0.15) is 34.2 Å². The third kappa shape index (κ3) is 4.98. The van der Waals surface area contributed by atoms with E-state index in [0.29, 0.717) is 28.3 Å². The predicted molar refractivity (Wildman–Crippen MR) is 115 cm³/mol. The van der Waals surface area contributed by atoms with Gasteiger partial charge in [0.05, 0.1) is 23.9 Å². The third-order valence-corrected chi connectivity index (χ3v) is 4.71. The van der Waals surface area contributed by atoms with Gasteiger partial charge in [-0.2, -0.15) is 5.10 Å². The van der Waals surface area contributed by atoms with Crippen LogP contribution in [0, 0.1) is 0 Å². The van der Waals surface area contributed by atoms with Crippen molar-refractivity contribution < 1.29 is 19.1 Å². The molecule has 0 saturated carbocycles. The topological polar surface area (TPSA) is 105 Å². The maximum absolute atomic E-state index is 12.5. The van der Waals surface area contributed by atoms with Gasteiger partial charge in [0.2, 0.25) is 0 Å². The second-order valence-electron chi connectivity index (χ2n) is 6.28. The quantitative estimate of drug-likeness (QED) is 0.454. The Bertz CT molecular complexity index is 1040. The van der Waals surface area contributed by atoms with Gasteiger partial charge in [0, 0.05) is 11.1 Å². The molecule has 0 aliphatic rings. The highest BCUT2D eigenvalue weighted by molar-refractivity contribution is 9.10. The molecule has 0 spiro atoms. The summed E-state index contributed by atoms with van der Waals surface area (Å²) >= 11 is 3.39. The van der Waals surface area contributed by atoms with Gasteiger partial charge in [0.1, 0.15) is 5.69 Å². The number of nitrogens with zero attached hydrogens (tertiary/aromatic N) is 1. The van der Waals surface area contributed by atoms with E-state index in [1.807, 2.05) is 37.3 Å². The summed E-state index contributed by atoms with van der Waals surface area (Å²) in [5, 5.41) is 6.79. The van der Waals surface area contributed by atoms with Gasteiger partial charge in [-0.1, -0.05) is 37.3 Å². The molecule has 0 fully saturated rings. The Hall–Kier alpha value is -3.33. The number of halogens is 1. The molecule has 8 nitrogen and oxygen atoms in total. The summed E-state index contributed by atoms with van der Waals surface area (Å²) in [7, 11) is 1.49. The second-order valence-corrected chi connectivity index (χ2v) is 7.13. The van der Waals surface area contributed by atoms with Crippen molar-refractivity contribution in [3.8, 4) is 22.8 Å². The van der Waals surface area contributed by atoms with Gasteiger partial charge in [-0.3, -0.25) is 25.5 Å². The highest BCUT2D eigenvalue weighted by Crippen LogP contribution is 2.36. The van der Waals surface area contributed by atoms with E-state index < -0.39 is 11.8 Å². The van der Waals surface area contributed by atoms with E-state index in [4.69, 9.17) is 9.47 Å². The normalized spacial score (nSPS) is 10.4. The molecule has 9 heteroatoms. The number of benzene rings is 2. The Labute approximate surface area is 182 Å². The third-order valence-electron chi connectivity index (χ3n) is 4.12. The molecule has 0 aliphatic carbocycles. The largest absolute Gasteiger partial charge is 0.493 e. The van der Waals surface area contributed by atoms with Crippen molar-refractivity contribution in [2.45, 2.75) is 13.3 Å². The van der Waals surface area contributed by atoms with Crippen LogP contribution in [-0.4, -0.2) is 35.7 Å². The fourth-order valence-corrected chi connectivity index (χ4v) is 3.20. The molecule has 3 aromatic rings. The standard InChI is InChI=1S/C21H21BrN4O4/c1-3-9-30-19-15(22)10-14(11-18(19)29-2)20(27)25-26-21(28)17-12-16(23-24-17)13-7-5-4-6-8-13/h4-8,10-12H,3,9H2,1-2H3,(H,23,24)(H,25,27)(H,26,28). The number of H-pyrrole nitrogens is 1. The average Bonchev–Trinajstić information content (AvgIpc) is 3.27. The lowest BCUT2D eigenvalue weighted by Crippen LogP contribution is -2.41. The lowest BCUT2D eigenvalue weighted by Gasteiger charge is -2.14. The molecule has 1 aromatic heterocycles. The maximum atomic E-state index is 12.5. The summed E-state index contributed by atoms with van der Waals surface area (Å²) in [4.78, 5) is 24.8. The number of hydrogen-bond acceptors (Lipinski definition) is 5. The maximum Gasteiger partial charge on any atom is 0.287 e. The van der Waals surface area contributed by atoms with Crippen LogP contribution in [0.15, 0.2) is 53.0 Å². The van der Waals surface area contributed by atoms with Crippen LogP contribution in [-0.2, 0) is 0 Å². The highest BCUT2D eigenvalue weighted by atomic mass is 79.9. The summed E-state index contributed by atoms with van der Waals surface area (Å²) in [5.74, 6) is -0.0969. The van der Waals surface area contributed by atoms with Gasteiger partial charge in [0.15, 0.2) is 11.5 Å². The molecule has 0 aliphatic heterocycles. The number of nitrogens with one attached hydrogen (secondary N) is 3. The van der Waals surface area contributed by atoms with E-state index in [1.165, 1.54) is 7.11 Å². The second kappa shape index (κ2) is 9.93. The van der Waals surface area contributed by atoms with Gasteiger partial charge < -0.3 is 9.47 Å². The number of aromatic amines is 1. The van der Waals surface area contributed by atoms with Crippen LogP contribution >= 0.6 is 15.9 Å². The van der Waals surface area contributed by atoms with Crippen molar-refractivity contribution in [1.29, 1.82) is 0 Å². The summed E-state index contributed by atoms with van der Waals surface area (Å²) in [6.45, 7) is 2.51. The Kier molecular flexibility index (Phi) is 7.08. The van der Waals surface area contributed by atoms with Crippen LogP contribution in [0.25, 0.3) is 11.3 Å². The summed E-state index contributed by atoms with van der Waals surface area (Å²) in [6.07, 6.45) is 0.837. The number of rotatable bonds is 7. The zero-order valence-electron chi connectivity index (χ0n) is 16.5. The Morgan fingerprint density at radius 1 is 1.10 bits per heavy atom. The Morgan fingerprint density at radius 3 is 2.53 bits per heavy atom. The van der Waals surface area contributed by atoms with Gasteiger partial charge in [-0.05, 0) is 40.5 Å². The molecule has 0 unspecified atom stereocenters. The van der Waals surface area contributed by atoms with Gasteiger partial charge in [0.25, 0.3) is 11.8 Å². The minimum atomic E-state index is -0.521. The number of methoxy groups -OCH3 is 1. The molecular weight excluding hydrogens is 452 g/mol. The van der Waals surface area contributed by atoms with E-state index in [0.717, 1.165) is 12.0 Å². The molecule has 30 heavy (non-hydrogen) atoms. The monoisotopic (exact) mass is 472 g/mol. The first kappa shape index (κ1) is 21.4. The van der Waals surface area contributed by atoms with Crippen molar-refractivity contribution in [3.05, 3.63) is 64.3 Å². The number of carbonyl (C=O) groups excluding carboxylic acids is 2. The van der Waals surface area contributed by atoms with Crippen molar-refractivity contribution in [2.75, 3.05) is 13.7 Å². The van der Waals surface area contributed by atoms with Crippen LogP contribution in [0.5, 0.6) is 11.5 Å². The summed E-state index contributed by atoms with van der Waals surface area (Å²) in [6, 6.07) is 14.2. The highest BCUT2D eigenvalue weighted by Gasteiger charge is 2.17. The first-order chi connectivity index (χ1) is 14.5. The Morgan fingerprint density at radius 2 is 1.83 bits per heavy atom. The first-order valence-electron chi connectivity index (χ1n) is 9.25. The molecule has 0 bridgehead atoms. The molecule has 3 N–H and O–H groups in total. The average molecular weight is 473 g/mol. The van der Waals surface area contributed by atoms with Gasteiger partial charge >= 0.3 is 0 Å². The van der Waals surface area contributed by atoms with Gasteiger partial charge in [-0.25, -0.2) is 0 Å².